The summed E-state index contributed by atoms with van der Waals surface area (Å²) in [5.74, 6) is -0.0826. The molecule has 2 aliphatic rings. The third-order valence-corrected chi connectivity index (χ3v) is 7.42. The van der Waals surface area contributed by atoms with Crippen molar-refractivity contribution in [2.45, 2.75) is 37.0 Å². The number of rotatable bonds is 7. The molecule has 0 N–H and O–H groups in total. The maximum Gasteiger partial charge on any atom is 0.243 e. The minimum Gasteiger partial charge on any atom is -0.335 e. The number of piperidine rings is 1. The topological polar surface area (TPSA) is 57.7 Å². The molecule has 1 amide bonds. The number of fused-ring (bicyclic) bond motifs is 1. The van der Waals surface area contributed by atoms with Gasteiger partial charge in [-0.15, -0.1) is 13.2 Å². The van der Waals surface area contributed by atoms with E-state index in [1.807, 2.05) is 12.1 Å². The van der Waals surface area contributed by atoms with Crippen LogP contribution in [0.3, 0.4) is 0 Å². The van der Waals surface area contributed by atoms with Crippen LogP contribution in [-0.2, 0) is 27.7 Å². The van der Waals surface area contributed by atoms with E-state index in [1.54, 1.807) is 23.1 Å². The second-order valence-electron chi connectivity index (χ2n) is 7.28. The Morgan fingerprint density at radius 2 is 1.74 bits per heavy atom. The molecule has 3 rings (SSSR count). The summed E-state index contributed by atoms with van der Waals surface area (Å²) in [5.41, 5.74) is 2.42. The number of amides is 1. The van der Waals surface area contributed by atoms with Gasteiger partial charge in [0, 0.05) is 32.1 Å². The van der Waals surface area contributed by atoms with Crippen LogP contribution in [-0.4, -0.2) is 49.7 Å². The van der Waals surface area contributed by atoms with E-state index in [4.69, 9.17) is 0 Å². The van der Waals surface area contributed by atoms with Crippen LogP contribution >= 0.6 is 0 Å². The highest BCUT2D eigenvalue weighted by atomic mass is 32.2. The normalized spacial score (nSPS) is 18.1. The quantitative estimate of drug-likeness (QED) is 0.675. The van der Waals surface area contributed by atoms with Gasteiger partial charge in [-0.1, -0.05) is 18.2 Å². The molecule has 27 heavy (non-hydrogen) atoms. The molecule has 0 bridgehead atoms. The number of sulfonamides is 1. The molecule has 1 aromatic rings. The molecule has 1 aliphatic carbocycles. The highest BCUT2D eigenvalue weighted by Gasteiger charge is 2.33. The average molecular weight is 389 g/mol. The van der Waals surface area contributed by atoms with E-state index in [2.05, 4.69) is 13.2 Å². The first-order chi connectivity index (χ1) is 13.0. The van der Waals surface area contributed by atoms with Gasteiger partial charge in [-0.25, -0.2) is 8.42 Å². The summed E-state index contributed by atoms with van der Waals surface area (Å²) in [6, 6.07) is 5.52. The van der Waals surface area contributed by atoms with Crippen molar-refractivity contribution < 1.29 is 13.2 Å². The Kier molecular flexibility index (Phi) is 6.17. The lowest BCUT2D eigenvalue weighted by atomic mass is 9.96. The van der Waals surface area contributed by atoms with E-state index in [1.165, 1.54) is 9.87 Å². The van der Waals surface area contributed by atoms with Gasteiger partial charge in [-0.2, -0.15) is 4.31 Å². The Morgan fingerprint density at radius 1 is 1.11 bits per heavy atom. The summed E-state index contributed by atoms with van der Waals surface area (Å²) in [6.45, 7) is 9.13. The zero-order chi connectivity index (χ0) is 19.4. The van der Waals surface area contributed by atoms with Gasteiger partial charge in [0.25, 0.3) is 0 Å². The molecule has 0 atom stereocenters. The van der Waals surface area contributed by atoms with E-state index in [0.717, 1.165) is 24.8 Å². The van der Waals surface area contributed by atoms with Crippen molar-refractivity contribution >= 4 is 15.9 Å². The fourth-order valence-corrected chi connectivity index (χ4v) is 5.55. The minimum absolute atomic E-state index is 0.0596. The summed E-state index contributed by atoms with van der Waals surface area (Å²) in [6.07, 6.45) is 7.59. The molecular weight excluding hydrogens is 360 g/mol. The van der Waals surface area contributed by atoms with Crippen molar-refractivity contribution in [3.05, 3.63) is 54.6 Å². The van der Waals surface area contributed by atoms with Crippen LogP contribution in [0.4, 0.5) is 0 Å². The van der Waals surface area contributed by atoms with Crippen molar-refractivity contribution in [3.8, 4) is 0 Å². The molecule has 1 saturated heterocycles. The number of hydrogen-bond acceptors (Lipinski definition) is 3. The van der Waals surface area contributed by atoms with Gasteiger partial charge >= 0.3 is 0 Å². The van der Waals surface area contributed by atoms with Gasteiger partial charge in [0.1, 0.15) is 0 Å². The van der Waals surface area contributed by atoms with Crippen molar-refractivity contribution in [3.63, 3.8) is 0 Å². The number of aryl methyl sites for hydroxylation is 2. The predicted molar refractivity (Wildman–Crippen MR) is 107 cm³/mol. The molecule has 0 saturated carbocycles. The molecule has 5 nitrogen and oxygen atoms in total. The first-order valence-electron chi connectivity index (χ1n) is 9.60. The molecule has 146 valence electrons. The van der Waals surface area contributed by atoms with Crippen LogP contribution in [0.1, 0.15) is 30.4 Å². The summed E-state index contributed by atoms with van der Waals surface area (Å²) in [7, 11) is -3.50. The maximum absolute atomic E-state index is 13.0. The lowest BCUT2D eigenvalue weighted by Crippen LogP contribution is -2.44. The molecule has 0 radical (unpaired) electrons. The van der Waals surface area contributed by atoms with Crippen molar-refractivity contribution in [1.29, 1.82) is 0 Å². The van der Waals surface area contributed by atoms with Crippen molar-refractivity contribution in [1.82, 2.24) is 9.21 Å². The van der Waals surface area contributed by atoms with Gasteiger partial charge in [0.15, 0.2) is 0 Å². The molecule has 0 unspecified atom stereocenters. The molecule has 0 spiro atoms. The van der Waals surface area contributed by atoms with Crippen molar-refractivity contribution in [2.24, 2.45) is 5.92 Å². The van der Waals surface area contributed by atoms with Crippen LogP contribution < -0.4 is 0 Å². The first kappa shape index (κ1) is 19.8. The molecule has 1 fully saturated rings. The molecule has 0 aromatic heterocycles. The van der Waals surface area contributed by atoms with Crippen molar-refractivity contribution in [2.75, 3.05) is 26.2 Å². The fraction of sp³-hybridized carbons (Fsp3) is 0.476. The molecular formula is C21H28N2O3S. The van der Waals surface area contributed by atoms with Crippen LogP contribution in [0, 0.1) is 5.92 Å². The molecule has 1 aromatic carbocycles. The largest absolute Gasteiger partial charge is 0.335 e. The van der Waals surface area contributed by atoms with Crippen LogP contribution in [0.5, 0.6) is 0 Å². The number of carbonyl (C=O) groups excluding carboxylic acids is 1. The van der Waals surface area contributed by atoms with E-state index in [9.17, 15) is 13.2 Å². The number of nitrogens with zero attached hydrogens (tertiary/aromatic N) is 2. The minimum atomic E-state index is -3.50. The monoisotopic (exact) mass is 388 g/mol. The molecule has 1 aliphatic heterocycles. The summed E-state index contributed by atoms with van der Waals surface area (Å²) in [4.78, 5) is 14.8. The first-order valence-corrected chi connectivity index (χ1v) is 11.0. The second kappa shape index (κ2) is 8.40. The van der Waals surface area contributed by atoms with Gasteiger partial charge in [0.2, 0.25) is 15.9 Å². The Morgan fingerprint density at radius 3 is 2.37 bits per heavy atom. The summed E-state index contributed by atoms with van der Waals surface area (Å²) in [5, 5.41) is 0. The molecule has 6 heteroatoms. The average Bonchev–Trinajstić information content (AvgIpc) is 3.15. The lowest BCUT2D eigenvalue weighted by molar-refractivity contribution is -0.135. The smallest absolute Gasteiger partial charge is 0.243 e. The van der Waals surface area contributed by atoms with E-state index in [-0.39, 0.29) is 11.8 Å². The van der Waals surface area contributed by atoms with E-state index >= 15 is 0 Å². The third kappa shape index (κ3) is 4.17. The Labute approximate surface area is 162 Å². The van der Waals surface area contributed by atoms with Crippen LogP contribution in [0.2, 0.25) is 0 Å². The standard InChI is InChI=1S/C21H28N2O3S/c1-3-12-22(13-4-2)21(24)18-10-14-23(15-11-18)27(25,26)20-9-8-17-6-5-7-19(17)16-20/h3-4,8-9,16,18H,1-2,5-7,10-15H2. The van der Waals surface area contributed by atoms with E-state index < -0.39 is 10.0 Å². The fourth-order valence-electron chi connectivity index (χ4n) is 4.03. The van der Waals surface area contributed by atoms with Gasteiger partial charge in [0.05, 0.1) is 4.90 Å². The third-order valence-electron chi connectivity index (χ3n) is 5.52. The Hall–Kier alpha value is -1.92. The zero-order valence-corrected chi connectivity index (χ0v) is 16.6. The maximum atomic E-state index is 13.0. The van der Waals surface area contributed by atoms with Gasteiger partial charge < -0.3 is 4.90 Å². The Balaban J connectivity index is 1.66. The second-order valence-corrected chi connectivity index (χ2v) is 9.22. The van der Waals surface area contributed by atoms with Crippen LogP contribution in [0.15, 0.2) is 48.4 Å². The number of benzene rings is 1. The number of hydrogen-bond donors (Lipinski definition) is 0. The summed E-state index contributed by atoms with van der Waals surface area (Å²) < 4.78 is 27.5. The highest BCUT2D eigenvalue weighted by Crippen LogP contribution is 2.29. The van der Waals surface area contributed by atoms with Gasteiger partial charge in [-0.3, -0.25) is 4.79 Å². The summed E-state index contributed by atoms with van der Waals surface area (Å²) >= 11 is 0. The van der Waals surface area contributed by atoms with Gasteiger partial charge in [-0.05, 0) is 55.4 Å². The zero-order valence-electron chi connectivity index (χ0n) is 15.8. The molecule has 1 heterocycles. The van der Waals surface area contributed by atoms with Crippen LogP contribution in [0.25, 0.3) is 0 Å². The SMILES string of the molecule is C=CCN(CC=C)C(=O)C1CCN(S(=O)(=O)c2ccc3c(c2)CCC3)CC1. The van der Waals surface area contributed by atoms with E-state index in [0.29, 0.717) is 43.9 Å². The number of carbonyl (C=O) groups is 1. The lowest BCUT2D eigenvalue weighted by Gasteiger charge is -2.33. The Bertz CT molecular complexity index is 814. The highest BCUT2D eigenvalue weighted by molar-refractivity contribution is 7.89. The predicted octanol–water partition coefficient (Wildman–Crippen LogP) is 2.78.